The number of nitrogens with one attached hydrogen (secondary N) is 2. The van der Waals surface area contributed by atoms with Crippen LogP contribution in [0.15, 0.2) is 67.1 Å². The molecule has 36 heavy (non-hydrogen) atoms. The monoisotopic (exact) mass is 500 g/mol. The highest BCUT2D eigenvalue weighted by Gasteiger charge is 2.31. The maximum atomic E-state index is 14.5. The molecule has 0 aliphatic rings. The quantitative estimate of drug-likeness (QED) is 0.339. The van der Waals surface area contributed by atoms with Gasteiger partial charge in [-0.25, -0.2) is 19.3 Å². The van der Waals surface area contributed by atoms with Crippen LogP contribution < -0.4 is 20.1 Å². The fourth-order valence-electron chi connectivity index (χ4n) is 3.01. The molecule has 1 amide bonds. The molecule has 0 aliphatic heterocycles. The number of carbonyl (C=O) groups is 1. The summed E-state index contributed by atoms with van der Waals surface area (Å²) >= 11 is 0. The number of amides is 1. The SMILES string of the molecule is CNc1ncnc(-c2cccnc2Oc2ccc(F)c(C(=O)Nc3cccc(OC(F)(F)F)c3)c2)n1. The van der Waals surface area contributed by atoms with Crippen LogP contribution in [-0.4, -0.2) is 39.3 Å². The van der Waals surface area contributed by atoms with Crippen molar-refractivity contribution in [1.82, 2.24) is 19.9 Å². The molecule has 0 fully saturated rings. The molecule has 0 unspecified atom stereocenters. The summed E-state index contributed by atoms with van der Waals surface area (Å²) in [6, 6.07) is 11.3. The molecule has 0 spiro atoms. The Balaban J connectivity index is 1.57. The van der Waals surface area contributed by atoms with Gasteiger partial charge in [0, 0.05) is 25.0 Å². The van der Waals surface area contributed by atoms with Gasteiger partial charge >= 0.3 is 6.36 Å². The average Bonchev–Trinajstić information content (AvgIpc) is 2.84. The Morgan fingerprint density at radius 1 is 0.972 bits per heavy atom. The fourth-order valence-corrected chi connectivity index (χ4v) is 3.01. The minimum Gasteiger partial charge on any atom is -0.438 e. The molecule has 184 valence electrons. The van der Waals surface area contributed by atoms with Crippen LogP contribution >= 0.6 is 0 Å². The largest absolute Gasteiger partial charge is 0.573 e. The highest BCUT2D eigenvalue weighted by Crippen LogP contribution is 2.31. The van der Waals surface area contributed by atoms with Gasteiger partial charge in [-0.3, -0.25) is 4.79 Å². The number of ether oxygens (including phenoxy) is 2. The second-order valence-corrected chi connectivity index (χ2v) is 7.01. The minimum atomic E-state index is -4.90. The molecule has 0 atom stereocenters. The zero-order valence-corrected chi connectivity index (χ0v) is 18.4. The first-order valence-electron chi connectivity index (χ1n) is 10.2. The van der Waals surface area contributed by atoms with Crippen molar-refractivity contribution in [3.8, 4) is 28.8 Å². The van der Waals surface area contributed by atoms with Crippen molar-refractivity contribution in [2.45, 2.75) is 6.36 Å². The number of alkyl halides is 3. The lowest BCUT2D eigenvalue weighted by atomic mass is 10.1. The molecular weight excluding hydrogens is 484 g/mol. The van der Waals surface area contributed by atoms with Crippen LogP contribution in [0.25, 0.3) is 11.4 Å². The smallest absolute Gasteiger partial charge is 0.438 e. The predicted octanol–water partition coefficient (Wildman–Crippen LogP) is 5.06. The zero-order valence-electron chi connectivity index (χ0n) is 18.4. The minimum absolute atomic E-state index is 0.0327. The third kappa shape index (κ3) is 6.00. The van der Waals surface area contributed by atoms with Crippen molar-refractivity contribution in [3.05, 3.63) is 78.5 Å². The van der Waals surface area contributed by atoms with Gasteiger partial charge < -0.3 is 20.1 Å². The number of rotatable bonds is 7. The molecule has 2 aromatic heterocycles. The van der Waals surface area contributed by atoms with Gasteiger partial charge in [0.05, 0.1) is 11.1 Å². The number of halogens is 4. The normalized spacial score (nSPS) is 11.0. The Labute approximate surface area is 201 Å². The molecule has 2 heterocycles. The van der Waals surface area contributed by atoms with E-state index in [2.05, 4.69) is 35.3 Å². The topological polar surface area (TPSA) is 111 Å². The summed E-state index contributed by atoms with van der Waals surface area (Å²) in [6.07, 6.45) is -2.13. The summed E-state index contributed by atoms with van der Waals surface area (Å²) in [4.78, 5) is 29.1. The molecule has 4 rings (SSSR count). The lowest BCUT2D eigenvalue weighted by Gasteiger charge is -2.12. The molecule has 4 aromatic rings. The molecule has 0 saturated heterocycles. The standard InChI is InChI=1S/C23H16F4N6O3/c1-28-22-31-12-30-19(33-22)16-6-3-9-29-21(16)35-14-7-8-18(24)17(11-14)20(34)32-13-4-2-5-15(10-13)36-23(25,26)27/h2-12H,1H3,(H,32,34)(H,28,30,31,33). The van der Waals surface area contributed by atoms with Gasteiger partial charge in [0.1, 0.15) is 23.6 Å². The molecule has 0 radical (unpaired) electrons. The van der Waals surface area contributed by atoms with Gasteiger partial charge in [-0.05, 0) is 42.5 Å². The Morgan fingerprint density at radius 3 is 2.58 bits per heavy atom. The van der Waals surface area contributed by atoms with Crippen LogP contribution in [0.2, 0.25) is 0 Å². The summed E-state index contributed by atoms with van der Waals surface area (Å²) < 4.78 is 61.4. The van der Waals surface area contributed by atoms with Crippen molar-refractivity contribution in [2.24, 2.45) is 0 Å². The molecule has 2 aromatic carbocycles. The summed E-state index contributed by atoms with van der Waals surface area (Å²) in [5.41, 5.74) is -0.0346. The van der Waals surface area contributed by atoms with Crippen LogP contribution in [0, 0.1) is 5.82 Å². The summed E-state index contributed by atoms with van der Waals surface area (Å²) in [5.74, 6) is -1.60. The highest BCUT2D eigenvalue weighted by atomic mass is 19.4. The zero-order chi connectivity index (χ0) is 25.7. The van der Waals surface area contributed by atoms with Gasteiger partial charge in [0.15, 0.2) is 5.82 Å². The van der Waals surface area contributed by atoms with Crippen molar-refractivity contribution in [2.75, 3.05) is 17.7 Å². The summed E-state index contributed by atoms with van der Waals surface area (Å²) in [6.45, 7) is 0. The first-order valence-corrected chi connectivity index (χ1v) is 10.2. The van der Waals surface area contributed by atoms with E-state index >= 15 is 0 Å². The molecule has 0 saturated carbocycles. The second-order valence-electron chi connectivity index (χ2n) is 7.01. The van der Waals surface area contributed by atoms with E-state index in [9.17, 15) is 22.4 Å². The molecule has 0 aliphatic carbocycles. The number of carbonyl (C=O) groups excluding carboxylic acids is 1. The van der Waals surface area contributed by atoms with Gasteiger partial charge in [-0.15, -0.1) is 13.2 Å². The maximum absolute atomic E-state index is 14.5. The van der Waals surface area contributed by atoms with Crippen LogP contribution in [0.5, 0.6) is 17.4 Å². The summed E-state index contributed by atoms with van der Waals surface area (Å²) in [7, 11) is 1.64. The molecule has 2 N–H and O–H groups in total. The van der Waals surface area contributed by atoms with E-state index in [1.54, 1.807) is 19.2 Å². The molecular formula is C23H16F4N6O3. The highest BCUT2D eigenvalue weighted by molar-refractivity contribution is 6.04. The molecule has 13 heteroatoms. The Hall–Kier alpha value is -4.81. The maximum Gasteiger partial charge on any atom is 0.573 e. The van der Waals surface area contributed by atoms with E-state index in [-0.39, 0.29) is 23.1 Å². The van der Waals surface area contributed by atoms with Crippen LogP contribution in [0.3, 0.4) is 0 Å². The number of nitrogens with zero attached hydrogens (tertiary/aromatic N) is 4. The number of aromatic nitrogens is 4. The van der Waals surface area contributed by atoms with Crippen molar-refractivity contribution in [3.63, 3.8) is 0 Å². The van der Waals surface area contributed by atoms with E-state index in [0.29, 0.717) is 11.5 Å². The number of hydrogen-bond donors (Lipinski definition) is 2. The Morgan fingerprint density at radius 2 is 1.81 bits per heavy atom. The first-order chi connectivity index (χ1) is 17.2. The van der Waals surface area contributed by atoms with Gasteiger partial charge in [-0.1, -0.05) is 6.07 Å². The third-order valence-corrected chi connectivity index (χ3v) is 4.53. The second kappa shape index (κ2) is 10.2. The third-order valence-electron chi connectivity index (χ3n) is 4.53. The molecule has 9 nitrogen and oxygen atoms in total. The van der Waals surface area contributed by atoms with E-state index < -0.39 is 29.4 Å². The lowest BCUT2D eigenvalue weighted by Crippen LogP contribution is -2.17. The number of pyridine rings is 1. The first kappa shape index (κ1) is 24.3. The van der Waals surface area contributed by atoms with Crippen molar-refractivity contribution in [1.29, 1.82) is 0 Å². The van der Waals surface area contributed by atoms with Gasteiger partial charge in [0.25, 0.3) is 5.91 Å². The van der Waals surface area contributed by atoms with Crippen LogP contribution in [-0.2, 0) is 0 Å². The van der Waals surface area contributed by atoms with E-state index in [0.717, 1.165) is 24.3 Å². The number of benzene rings is 2. The fraction of sp³-hybridized carbons (Fsp3) is 0.0870. The van der Waals surface area contributed by atoms with Crippen LogP contribution in [0.1, 0.15) is 10.4 Å². The number of hydrogen-bond acceptors (Lipinski definition) is 8. The lowest BCUT2D eigenvalue weighted by molar-refractivity contribution is -0.274. The van der Waals surface area contributed by atoms with E-state index in [4.69, 9.17) is 4.74 Å². The Kier molecular flexibility index (Phi) is 6.90. The summed E-state index contributed by atoms with van der Waals surface area (Å²) in [5, 5.41) is 5.13. The Bertz CT molecular complexity index is 1400. The average molecular weight is 500 g/mol. The van der Waals surface area contributed by atoms with Gasteiger partial charge in [0.2, 0.25) is 11.8 Å². The van der Waals surface area contributed by atoms with Gasteiger partial charge in [-0.2, -0.15) is 4.98 Å². The van der Waals surface area contributed by atoms with E-state index in [1.807, 2.05) is 0 Å². The van der Waals surface area contributed by atoms with Crippen molar-refractivity contribution < 1.29 is 31.8 Å². The van der Waals surface area contributed by atoms with E-state index in [1.165, 1.54) is 30.7 Å². The predicted molar refractivity (Wildman–Crippen MR) is 120 cm³/mol. The van der Waals surface area contributed by atoms with Crippen molar-refractivity contribution >= 4 is 17.5 Å². The molecule has 0 bridgehead atoms. The number of anilines is 2. The van der Waals surface area contributed by atoms with Crippen LogP contribution in [0.4, 0.5) is 29.2 Å².